The van der Waals surface area contributed by atoms with Gasteiger partial charge in [-0.05, 0) is 36.2 Å². The Bertz CT molecular complexity index is 640. The molecule has 128 valence electrons. The fourth-order valence-corrected chi connectivity index (χ4v) is 2.11. The number of nitrogens with one attached hydrogen (secondary N) is 1. The van der Waals surface area contributed by atoms with E-state index in [0.29, 0.717) is 24.7 Å². The molecule has 0 aliphatic heterocycles. The molecule has 1 amide bonds. The number of hydrogen-bond donors (Lipinski definition) is 1. The van der Waals surface area contributed by atoms with Crippen molar-refractivity contribution < 1.29 is 19.0 Å². The van der Waals surface area contributed by atoms with Crippen LogP contribution >= 0.6 is 0 Å². The SMILES string of the molecule is CCc1ccc(OCCNC(=O)COc2ccccc2OC)cc1. The summed E-state index contributed by atoms with van der Waals surface area (Å²) in [6.45, 7) is 2.87. The summed E-state index contributed by atoms with van der Waals surface area (Å²) in [6, 6.07) is 15.2. The van der Waals surface area contributed by atoms with Crippen LogP contribution in [0, 0.1) is 0 Å². The molecule has 0 aliphatic rings. The monoisotopic (exact) mass is 329 g/mol. The van der Waals surface area contributed by atoms with Crippen molar-refractivity contribution in [2.45, 2.75) is 13.3 Å². The van der Waals surface area contributed by atoms with Gasteiger partial charge in [0.2, 0.25) is 0 Å². The van der Waals surface area contributed by atoms with Crippen LogP contribution in [0.5, 0.6) is 17.2 Å². The number of rotatable bonds is 9. The number of benzene rings is 2. The Morgan fingerprint density at radius 3 is 2.38 bits per heavy atom. The van der Waals surface area contributed by atoms with Crippen molar-refractivity contribution in [1.82, 2.24) is 5.32 Å². The van der Waals surface area contributed by atoms with Crippen molar-refractivity contribution in [3.63, 3.8) is 0 Å². The van der Waals surface area contributed by atoms with E-state index in [1.165, 1.54) is 5.56 Å². The van der Waals surface area contributed by atoms with Gasteiger partial charge in [0.25, 0.3) is 5.91 Å². The van der Waals surface area contributed by atoms with Crippen LogP contribution in [0.15, 0.2) is 48.5 Å². The zero-order chi connectivity index (χ0) is 17.2. The number of carbonyl (C=O) groups excluding carboxylic acids is 1. The van der Waals surface area contributed by atoms with Crippen LogP contribution in [0.4, 0.5) is 0 Å². The average Bonchev–Trinajstić information content (AvgIpc) is 2.64. The van der Waals surface area contributed by atoms with Gasteiger partial charge in [-0.3, -0.25) is 4.79 Å². The molecule has 5 nitrogen and oxygen atoms in total. The lowest BCUT2D eigenvalue weighted by atomic mass is 10.2. The predicted molar refractivity (Wildman–Crippen MR) is 92.8 cm³/mol. The molecule has 24 heavy (non-hydrogen) atoms. The number of amides is 1. The summed E-state index contributed by atoms with van der Waals surface area (Å²) < 4.78 is 16.2. The molecule has 0 aromatic heterocycles. The lowest BCUT2D eigenvalue weighted by molar-refractivity contribution is -0.123. The number of methoxy groups -OCH3 is 1. The quantitative estimate of drug-likeness (QED) is 0.719. The maximum Gasteiger partial charge on any atom is 0.258 e. The first-order valence-corrected chi connectivity index (χ1v) is 7.97. The van der Waals surface area contributed by atoms with E-state index in [9.17, 15) is 4.79 Å². The standard InChI is InChI=1S/C19H23NO4/c1-3-15-8-10-16(11-9-15)23-13-12-20-19(21)14-24-18-7-5-4-6-17(18)22-2/h4-11H,3,12-14H2,1-2H3,(H,20,21). The number of para-hydroxylation sites is 2. The molecular weight excluding hydrogens is 306 g/mol. The molecule has 0 saturated carbocycles. The molecule has 0 radical (unpaired) electrons. The van der Waals surface area contributed by atoms with Crippen molar-refractivity contribution in [1.29, 1.82) is 0 Å². The van der Waals surface area contributed by atoms with Gasteiger partial charge in [-0.25, -0.2) is 0 Å². The molecule has 0 unspecified atom stereocenters. The second kappa shape index (κ2) is 9.45. The number of hydrogen-bond acceptors (Lipinski definition) is 4. The molecule has 0 atom stereocenters. The van der Waals surface area contributed by atoms with Gasteiger partial charge in [0, 0.05) is 0 Å². The lowest BCUT2D eigenvalue weighted by Gasteiger charge is -2.11. The third-order valence-electron chi connectivity index (χ3n) is 3.45. The lowest BCUT2D eigenvalue weighted by Crippen LogP contribution is -2.32. The number of carbonyl (C=O) groups is 1. The Hall–Kier alpha value is -2.69. The minimum atomic E-state index is -0.203. The Balaban J connectivity index is 1.66. The Morgan fingerprint density at radius 2 is 1.71 bits per heavy atom. The molecule has 2 aromatic carbocycles. The summed E-state index contributed by atoms with van der Waals surface area (Å²) in [5.41, 5.74) is 1.27. The highest BCUT2D eigenvalue weighted by Gasteiger charge is 2.06. The summed E-state index contributed by atoms with van der Waals surface area (Å²) in [5.74, 6) is 1.74. The minimum absolute atomic E-state index is 0.0639. The van der Waals surface area contributed by atoms with Gasteiger partial charge in [-0.15, -0.1) is 0 Å². The first kappa shape index (κ1) is 17.7. The fraction of sp³-hybridized carbons (Fsp3) is 0.316. The zero-order valence-electron chi connectivity index (χ0n) is 14.1. The molecule has 0 aliphatic carbocycles. The van der Waals surface area contributed by atoms with Crippen molar-refractivity contribution in [3.8, 4) is 17.2 Å². The first-order valence-electron chi connectivity index (χ1n) is 7.97. The summed E-state index contributed by atoms with van der Waals surface area (Å²) in [5, 5.41) is 2.75. The molecule has 2 aromatic rings. The molecule has 0 spiro atoms. The molecule has 0 fully saturated rings. The van der Waals surface area contributed by atoms with Crippen LogP contribution in [0.25, 0.3) is 0 Å². The van der Waals surface area contributed by atoms with Gasteiger partial charge in [0.1, 0.15) is 12.4 Å². The van der Waals surface area contributed by atoms with Crippen molar-refractivity contribution >= 4 is 5.91 Å². The summed E-state index contributed by atoms with van der Waals surface area (Å²) in [7, 11) is 1.56. The largest absolute Gasteiger partial charge is 0.493 e. The van der Waals surface area contributed by atoms with E-state index in [1.54, 1.807) is 19.2 Å². The Labute approximate surface area is 142 Å². The summed E-state index contributed by atoms with van der Waals surface area (Å²) in [4.78, 5) is 11.8. The van der Waals surface area contributed by atoms with Gasteiger partial charge >= 0.3 is 0 Å². The topological polar surface area (TPSA) is 56.8 Å². The van der Waals surface area contributed by atoms with E-state index < -0.39 is 0 Å². The maximum absolute atomic E-state index is 11.8. The van der Waals surface area contributed by atoms with Crippen molar-refractivity contribution in [3.05, 3.63) is 54.1 Å². The van der Waals surface area contributed by atoms with Gasteiger partial charge in [0.15, 0.2) is 18.1 Å². The predicted octanol–water partition coefficient (Wildman–Crippen LogP) is 2.83. The smallest absolute Gasteiger partial charge is 0.258 e. The van der Waals surface area contributed by atoms with Gasteiger partial charge in [-0.1, -0.05) is 31.2 Å². The normalized spacial score (nSPS) is 10.1. The number of ether oxygens (including phenoxy) is 3. The maximum atomic E-state index is 11.8. The van der Waals surface area contributed by atoms with E-state index in [0.717, 1.165) is 12.2 Å². The van der Waals surface area contributed by atoms with Gasteiger partial charge < -0.3 is 19.5 Å². The summed E-state index contributed by atoms with van der Waals surface area (Å²) >= 11 is 0. The molecule has 0 heterocycles. The van der Waals surface area contributed by atoms with Crippen LogP contribution in [0.1, 0.15) is 12.5 Å². The highest BCUT2D eigenvalue weighted by molar-refractivity contribution is 5.77. The van der Waals surface area contributed by atoms with Crippen molar-refractivity contribution in [2.24, 2.45) is 0 Å². The van der Waals surface area contributed by atoms with Gasteiger partial charge in [-0.2, -0.15) is 0 Å². The third-order valence-corrected chi connectivity index (χ3v) is 3.45. The van der Waals surface area contributed by atoms with E-state index in [2.05, 4.69) is 12.2 Å². The van der Waals surface area contributed by atoms with Crippen LogP contribution < -0.4 is 19.5 Å². The Kier molecular flexibility index (Phi) is 6.95. The summed E-state index contributed by atoms with van der Waals surface area (Å²) in [6.07, 6.45) is 1.00. The molecular formula is C19H23NO4. The Morgan fingerprint density at radius 1 is 1.00 bits per heavy atom. The second-order valence-electron chi connectivity index (χ2n) is 5.14. The number of aryl methyl sites for hydroxylation is 1. The van der Waals surface area contributed by atoms with E-state index in [1.807, 2.05) is 36.4 Å². The highest BCUT2D eigenvalue weighted by Crippen LogP contribution is 2.25. The van der Waals surface area contributed by atoms with Gasteiger partial charge in [0.05, 0.1) is 13.7 Å². The van der Waals surface area contributed by atoms with Crippen molar-refractivity contribution in [2.75, 3.05) is 26.9 Å². The molecule has 0 saturated heterocycles. The fourth-order valence-electron chi connectivity index (χ4n) is 2.11. The van der Waals surface area contributed by atoms with E-state index >= 15 is 0 Å². The molecule has 1 N–H and O–H groups in total. The van der Waals surface area contributed by atoms with E-state index in [-0.39, 0.29) is 12.5 Å². The third kappa shape index (κ3) is 5.50. The van der Waals surface area contributed by atoms with Crippen LogP contribution in [0.2, 0.25) is 0 Å². The van der Waals surface area contributed by atoms with Crippen LogP contribution in [-0.4, -0.2) is 32.8 Å². The molecule has 2 rings (SSSR count). The zero-order valence-corrected chi connectivity index (χ0v) is 14.1. The average molecular weight is 329 g/mol. The van der Waals surface area contributed by atoms with E-state index in [4.69, 9.17) is 14.2 Å². The molecule has 5 heteroatoms. The molecule has 0 bridgehead atoms. The highest BCUT2D eigenvalue weighted by atomic mass is 16.5. The minimum Gasteiger partial charge on any atom is -0.493 e. The van der Waals surface area contributed by atoms with Crippen LogP contribution in [0.3, 0.4) is 0 Å². The second-order valence-corrected chi connectivity index (χ2v) is 5.14. The van der Waals surface area contributed by atoms with Crippen LogP contribution in [-0.2, 0) is 11.2 Å². The first-order chi connectivity index (χ1) is 11.7.